The van der Waals surface area contributed by atoms with E-state index in [4.69, 9.17) is 10.00 Å². The van der Waals surface area contributed by atoms with Crippen molar-refractivity contribution in [3.8, 4) is 6.07 Å². The molecule has 1 aromatic carbocycles. The predicted molar refractivity (Wildman–Crippen MR) is 74.7 cm³/mol. The Morgan fingerprint density at radius 2 is 2.44 bits per heavy atom. The first-order chi connectivity index (χ1) is 8.74. The summed E-state index contributed by atoms with van der Waals surface area (Å²) in [6.07, 6.45) is 0.221. The maximum Gasteiger partial charge on any atom is 0.100 e. The van der Waals surface area contributed by atoms with Gasteiger partial charge in [0.25, 0.3) is 0 Å². The van der Waals surface area contributed by atoms with Gasteiger partial charge in [-0.05, 0) is 41.2 Å². The summed E-state index contributed by atoms with van der Waals surface area (Å²) >= 11 is 3.43. The number of likely N-dealkylation sites (N-methyl/N-ethyl adjacent to an activating group) is 1. The third-order valence-corrected chi connectivity index (χ3v) is 3.66. The number of morpholine rings is 1. The number of hydrogen-bond acceptors (Lipinski definition) is 4. The van der Waals surface area contributed by atoms with Crippen LogP contribution in [0.2, 0.25) is 0 Å². The minimum absolute atomic E-state index is 0.221. The number of ether oxygens (including phenoxy) is 1. The van der Waals surface area contributed by atoms with Crippen LogP contribution in [0.15, 0.2) is 22.7 Å². The standard InChI is InChI=1S/C13H16BrN3O/c1-16-8-12-9-17(4-5-18-12)11-3-2-10(7-15)13(14)6-11/h2-3,6,12,16H,4-5,8-9H2,1H3. The first-order valence-electron chi connectivity index (χ1n) is 5.95. The molecule has 96 valence electrons. The highest BCUT2D eigenvalue weighted by Crippen LogP contribution is 2.25. The van der Waals surface area contributed by atoms with Crippen LogP contribution in [-0.2, 0) is 4.74 Å². The Morgan fingerprint density at radius 1 is 1.61 bits per heavy atom. The molecular formula is C13H16BrN3O. The summed E-state index contributed by atoms with van der Waals surface area (Å²) in [6, 6.07) is 7.99. The van der Waals surface area contributed by atoms with Crippen LogP contribution in [0, 0.1) is 11.3 Å². The highest BCUT2D eigenvalue weighted by molar-refractivity contribution is 9.10. The molecule has 1 saturated heterocycles. The summed E-state index contributed by atoms with van der Waals surface area (Å²) < 4.78 is 6.52. The summed E-state index contributed by atoms with van der Waals surface area (Å²) in [7, 11) is 1.93. The third kappa shape index (κ3) is 3.02. The lowest BCUT2D eigenvalue weighted by Gasteiger charge is -2.34. The maximum atomic E-state index is 8.91. The lowest BCUT2D eigenvalue weighted by molar-refractivity contribution is 0.0422. The predicted octanol–water partition coefficient (Wildman–Crippen LogP) is 1.75. The molecular weight excluding hydrogens is 294 g/mol. The molecule has 0 bridgehead atoms. The summed E-state index contributed by atoms with van der Waals surface area (Å²) in [5.41, 5.74) is 1.80. The molecule has 2 rings (SSSR count). The van der Waals surface area contributed by atoms with Gasteiger partial charge in [-0.3, -0.25) is 0 Å². The second-order valence-electron chi connectivity index (χ2n) is 4.27. The molecule has 0 radical (unpaired) electrons. The molecule has 0 spiro atoms. The first-order valence-corrected chi connectivity index (χ1v) is 6.74. The zero-order valence-corrected chi connectivity index (χ0v) is 11.9. The van der Waals surface area contributed by atoms with Crippen molar-refractivity contribution < 1.29 is 4.74 Å². The fourth-order valence-corrected chi connectivity index (χ4v) is 2.55. The summed E-state index contributed by atoms with van der Waals surface area (Å²) in [5, 5.41) is 12.0. The van der Waals surface area contributed by atoms with Crippen molar-refractivity contribution in [3.05, 3.63) is 28.2 Å². The van der Waals surface area contributed by atoms with E-state index in [9.17, 15) is 0 Å². The first kappa shape index (κ1) is 13.3. The van der Waals surface area contributed by atoms with Gasteiger partial charge in [0.15, 0.2) is 0 Å². The van der Waals surface area contributed by atoms with Crippen molar-refractivity contribution in [3.63, 3.8) is 0 Å². The molecule has 0 amide bonds. The molecule has 0 aromatic heterocycles. The van der Waals surface area contributed by atoms with E-state index >= 15 is 0 Å². The van der Waals surface area contributed by atoms with Gasteiger partial charge >= 0.3 is 0 Å². The Kier molecular flexibility index (Phi) is 4.59. The number of nitrogens with zero attached hydrogens (tertiary/aromatic N) is 2. The Morgan fingerprint density at radius 3 is 3.11 bits per heavy atom. The van der Waals surface area contributed by atoms with E-state index in [0.717, 1.165) is 36.4 Å². The molecule has 0 saturated carbocycles. The quantitative estimate of drug-likeness (QED) is 0.924. The fourth-order valence-electron chi connectivity index (χ4n) is 2.10. The van der Waals surface area contributed by atoms with Gasteiger partial charge in [0.1, 0.15) is 6.07 Å². The summed E-state index contributed by atoms with van der Waals surface area (Å²) in [5.74, 6) is 0. The SMILES string of the molecule is CNCC1CN(c2ccc(C#N)c(Br)c2)CCO1. The minimum atomic E-state index is 0.221. The van der Waals surface area contributed by atoms with Gasteiger partial charge in [-0.15, -0.1) is 0 Å². The summed E-state index contributed by atoms with van der Waals surface area (Å²) in [4.78, 5) is 2.29. The molecule has 1 atom stereocenters. The van der Waals surface area contributed by atoms with E-state index in [1.54, 1.807) is 0 Å². The van der Waals surface area contributed by atoms with Crippen LogP contribution in [0.4, 0.5) is 5.69 Å². The highest BCUT2D eigenvalue weighted by Gasteiger charge is 2.20. The van der Waals surface area contributed by atoms with Crippen molar-refractivity contribution in [1.29, 1.82) is 5.26 Å². The number of nitriles is 1. The largest absolute Gasteiger partial charge is 0.373 e. The van der Waals surface area contributed by atoms with Crippen LogP contribution >= 0.6 is 15.9 Å². The number of rotatable bonds is 3. The van der Waals surface area contributed by atoms with Crippen molar-refractivity contribution >= 4 is 21.6 Å². The lowest BCUT2D eigenvalue weighted by Crippen LogP contribution is -2.46. The molecule has 1 fully saturated rings. The van der Waals surface area contributed by atoms with Crippen LogP contribution in [0.3, 0.4) is 0 Å². The lowest BCUT2D eigenvalue weighted by atomic mass is 10.2. The third-order valence-electron chi connectivity index (χ3n) is 3.01. The Bertz CT molecular complexity index is 456. The van der Waals surface area contributed by atoms with Gasteiger partial charge in [0.05, 0.1) is 18.3 Å². The number of anilines is 1. The van der Waals surface area contributed by atoms with Gasteiger partial charge in [-0.2, -0.15) is 5.26 Å². The van der Waals surface area contributed by atoms with E-state index in [1.807, 2.05) is 25.2 Å². The van der Waals surface area contributed by atoms with Crippen molar-refractivity contribution in [2.24, 2.45) is 0 Å². The van der Waals surface area contributed by atoms with Crippen LogP contribution in [0.1, 0.15) is 5.56 Å². The molecule has 5 heteroatoms. The van der Waals surface area contributed by atoms with Crippen molar-refractivity contribution in [2.75, 3.05) is 38.2 Å². The van der Waals surface area contributed by atoms with Crippen LogP contribution < -0.4 is 10.2 Å². The number of hydrogen-bond donors (Lipinski definition) is 1. The number of nitrogens with one attached hydrogen (secondary N) is 1. The van der Waals surface area contributed by atoms with E-state index in [2.05, 4.69) is 32.2 Å². The fraction of sp³-hybridized carbons (Fsp3) is 0.462. The van der Waals surface area contributed by atoms with Gasteiger partial charge in [0, 0.05) is 29.8 Å². The molecule has 1 N–H and O–H groups in total. The topological polar surface area (TPSA) is 48.3 Å². The summed E-state index contributed by atoms with van der Waals surface area (Å²) in [6.45, 7) is 3.36. The monoisotopic (exact) mass is 309 g/mol. The molecule has 18 heavy (non-hydrogen) atoms. The van der Waals surface area contributed by atoms with Gasteiger partial charge in [-0.1, -0.05) is 0 Å². The van der Waals surface area contributed by atoms with Gasteiger partial charge in [-0.25, -0.2) is 0 Å². The minimum Gasteiger partial charge on any atom is -0.373 e. The van der Waals surface area contributed by atoms with Crippen LogP contribution in [0.25, 0.3) is 0 Å². The van der Waals surface area contributed by atoms with Crippen LogP contribution in [-0.4, -0.2) is 39.4 Å². The van der Waals surface area contributed by atoms with Gasteiger partial charge < -0.3 is 15.0 Å². The van der Waals surface area contributed by atoms with E-state index in [1.165, 1.54) is 0 Å². The highest BCUT2D eigenvalue weighted by atomic mass is 79.9. The second-order valence-corrected chi connectivity index (χ2v) is 5.13. The Labute approximate surface area is 116 Å². The number of halogens is 1. The average Bonchev–Trinajstić information content (AvgIpc) is 2.39. The molecule has 1 aromatic rings. The Hall–Kier alpha value is -1.09. The molecule has 1 aliphatic rings. The van der Waals surface area contributed by atoms with Gasteiger partial charge in [0.2, 0.25) is 0 Å². The van der Waals surface area contributed by atoms with E-state index in [-0.39, 0.29) is 6.10 Å². The van der Waals surface area contributed by atoms with E-state index in [0.29, 0.717) is 5.56 Å². The zero-order valence-electron chi connectivity index (χ0n) is 10.3. The molecule has 1 aliphatic heterocycles. The molecule has 1 heterocycles. The zero-order chi connectivity index (χ0) is 13.0. The normalized spacial score (nSPS) is 19.6. The smallest absolute Gasteiger partial charge is 0.100 e. The van der Waals surface area contributed by atoms with Crippen LogP contribution in [0.5, 0.6) is 0 Å². The maximum absolute atomic E-state index is 8.91. The van der Waals surface area contributed by atoms with E-state index < -0.39 is 0 Å². The molecule has 4 nitrogen and oxygen atoms in total. The second kappa shape index (κ2) is 6.19. The van der Waals surface area contributed by atoms with Crippen molar-refractivity contribution in [1.82, 2.24) is 5.32 Å². The van der Waals surface area contributed by atoms with Crippen molar-refractivity contribution in [2.45, 2.75) is 6.10 Å². The average molecular weight is 310 g/mol. The molecule has 0 aliphatic carbocycles. The number of benzene rings is 1. The molecule has 1 unspecified atom stereocenters. The Balaban J connectivity index is 2.11.